The number of rotatable bonds is 18. The number of unbranched alkanes of at least 4 members (excludes halogenated alkanes) is 10. The number of aromatic nitrogens is 2. The molecular weight excluding hydrogens is 420 g/mol. The van der Waals surface area contributed by atoms with E-state index in [9.17, 15) is 4.79 Å². The van der Waals surface area contributed by atoms with Crippen LogP contribution in [0.1, 0.15) is 114 Å². The first-order valence-corrected chi connectivity index (χ1v) is 13.5. The highest BCUT2D eigenvalue weighted by atomic mass is 16.5. The van der Waals surface area contributed by atoms with Gasteiger partial charge in [-0.05, 0) is 30.4 Å². The molecule has 0 aliphatic rings. The van der Waals surface area contributed by atoms with Gasteiger partial charge in [-0.15, -0.1) is 0 Å². The maximum atomic E-state index is 12.4. The van der Waals surface area contributed by atoms with E-state index in [1.807, 2.05) is 24.3 Å². The van der Waals surface area contributed by atoms with Crippen LogP contribution in [0, 0.1) is 0 Å². The minimum atomic E-state index is -0.424. The highest BCUT2D eigenvalue weighted by Crippen LogP contribution is 2.24. The minimum Gasteiger partial charge on any atom is -0.388 e. The lowest BCUT2D eigenvalue weighted by Gasteiger charge is -2.13. The summed E-state index contributed by atoms with van der Waals surface area (Å²) in [5.74, 6) is -0.215. The second-order valence-corrected chi connectivity index (χ2v) is 9.25. The number of nitrogens with zero attached hydrogens (tertiary/aromatic N) is 2. The summed E-state index contributed by atoms with van der Waals surface area (Å²) in [7, 11) is 0. The lowest BCUT2D eigenvalue weighted by molar-refractivity contribution is -0.129. The molecule has 0 radical (unpaired) electrons. The monoisotopic (exact) mass is 464 g/mol. The van der Waals surface area contributed by atoms with Gasteiger partial charge in [0.15, 0.2) is 0 Å². The molecule has 0 fully saturated rings. The second-order valence-electron chi connectivity index (χ2n) is 9.25. The summed E-state index contributed by atoms with van der Waals surface area (Å²) in [4.78, 5) is 20.8. The average molecular weight is 465 g/mol. The van der Waals surface area contributed by atoms with E-state index in [1.165, 1.54) is 75.8 Å². The Kier molecular flexibility index (Phi) is 14.6. The quantitative estimate of drug-likeness (QED) is 0.126. The van der Waals surface area contributed by atoms with E-state index >= 15 is 0 Å². The molecule has 0 saturated carbocycles. The molecule has 1 heterocycles. The number of ether oxygens (including phenoxy) is 1. The standard InChI is InChI=1S/C30H44N2O2/c1-3-5-7-9-10-12-14-18-26-24-31-30(32-25-26)34-29(33)23-22-28(21-15-11-8-6-4-2)27-19-16-13-17-20-27/h13,16-17,19-20,22-25,28H,3-12,14-15,18,21H2,1-2H3. The van der Waals surface area contributed by atoms with Crippen molar-refractivity contribution in [3.8, 4) is 6.01 Å². The minimum absolute atomic E-state index is 0.119. The summed E-state index contributed by atoms with van der Waals surface area (Å²) in [5, 5.41) is 0. The van der Waals surface area contributed by atoms with Gasteiger partial charge in [-0.25, -0.2) is 14.8 Å². The molecule has 1 aromatic heterocycles. The third kappa shape index (κ3) is 12.1. The summed E-state index contributed by atoms with van der Waals surface area (Å²) in [6.07, 6.45) is 24.2. The van der Waals surface area contributed by atoms with E-state index in [0.717, 1.165) is 31.2 Å². The van der Waals surface area contributed by atoms with Crippen LogP contribution in [0.3, 0.4) is 0 Å². The van der Waals surface area contributed by atoms with Crippen LogP contribution in [-0.4, -0.2) is 15.9 Å². The van der Waals surface area contributed by atoms with Crippen LogP contribution in [0.25, 0.3) is 0 Å². The van der Waals surface area contributed by atoms with E-state index in [2.05, 4.69) is 35.9 Å². The lowest BCUT2D eigenvalue weighted by atomic mass is 9.92. The molecule has 1 aromatic carbocycles. The van der Waals surface area contributed by atoms with Gasteiger partial charge in [-0.1, -0.05) is 121 Å². The summed E-state index contributed by atoms with van der Waals surface area (Å²) in [5.41, 5.74) is 2.32. The lowest BCUT2D eigenvalue weighted by Crippen LogP contribution is -2.08. The molecule has 1 unspecified atom stereocenters. The van der Waals surface area contributed by atoms with Crippen molar-refractivity contribution in [1.82, 2.24) is 9.97 Å². The van der Waals surface area contributed by atoms with E-state index in [-0.39, 0.29) is 11.9 Å². The SMILES string of the molecule is CCCCCCCCCc1cnc(OC(=O)C=CC(CCCCCCC)c2ccccc2)nc1. The van der Waals surface area contributed by atoms with E-state index in [1.54, 1.807) is 12.4 Å². The molecule has 0 bridgehead atoms. The number of aryl methyl sites for hydroxylation is 1. The first-order valence-electron chi connectivity index (χ1n) is 13.5. The number of allylic oxidation sites excluding steroid dienone is 1. The molecule has 1 atom stereocenters. The van der Waals surface area contributed by atoms with Crippen molar-refractivity contribution in [1.29, 1.82) is 0 Å². The molecule has 0 aliphatic heterocycles. The zero-order valence-electron chi connectivity index (χ0n) is 21.4. The van der Waals surface area contributed by atoms with Crippen molar-refractivity contribution in [2.45, 2.75) is 110 Å². The first kappa shape index (κ1) is 27.8. The van der Waals surface area contributed by atoms with Gasteiger partial charge < -0.3 is 4.74 Å². The van der Waals surface area contributed by atoms with Gasteiger partial charge in [-0.2, -0.15) is 0 Å². The first-order chi connectivity index (χ1) is 16.7. The number of carbonyl (C=O) groups excluding carboxylic acids is 1. The van der Waals surface area contributed by atoms with Gasteiger partial charge in [0, 0.05) is 24.4 Å². The van der Waals surface area contributed by atoms with Gasteiger partial charge in [-0.3, -0.25) is 0 Å². The highest BCUT2D eigenvalue weighted by Gasteiger charge is 2.10. The predicted octanol–water partition coefficient (Wildman–Crippen LogP) is 8.38. The fraction of sp³-hybridized carbons (Fsp3) is 0.567. The van der Waals surface area contributed by atoms with Gasteiger partial charge in [0.2, 0.25) is 0 Å². The molecule has 0 spiro atoms. The zero-order valence-corrected chi connectivity index (χ0v) is 21.4. The van der Waals surface area contributed by atoms with Gasteiger partial charge in [0.25, 0.3) is 0 Å². The predicted molar refractivity (Wildman–Crippen MR) is 141 cm³/mol. The molecule has 2 aromatic rings. The maximum Gasteiger partial charge on any atom is 0.338 e. The van der Waals surface area contributed by atoms with Crippen LogP contribution in [0.2, 0.25) is 0 Å². The Labute approximate surface area is 207 Å². The zero-order chi connectivity index (χ0) is 24.3. The molecule has 186 valence electrons. The number of hydrogen-bond donors (Lipinski definition) is 0. The number of hydrogen-bond acceptors (Lipinski definition) is 4. The van der Waals surface area contributed by atoms with Crippen molar-refractivity contribution >= 4 is 5.97 Å². The van der Waals surface area contributed by atoms with Crippen LogP contribution >= 0.6 is 0 Å². The van der Waals surface area contributed by atoms with Crippen molar-refractivity contribution in [3.63, 3.8) is 0 Å². The summed E-state index contributed by atoms with van der Waals surface area (Å²) in [6.45, 7) is 4.48. The van der Waals surface area contributed by atoms with Crippen LogP contribution < -0.4 is 4.74 Å². The summed E-state index contributed by atoms with van der Waals surface area (Å²) in [6, 6.07) is 10.5. The molecule has 4 nitrogen and oxygen atoms in total. The average Bonchev–Trinajstić information content (AvgIpc) is 2.86. The molecule has 34 heavy (non-hydrogen) atoms. The molecule has 0 aliphatic carbocycles. The van der Waals surface area contributed by atoms with Crippen molar-refractivity contribution in [2.24, 2.45) is 0 Å². The van der Waals surface area contributed by atoms with Crippen LogP contribution in [0.15, 0.2) is 54.9 Å². The normalized spacial score (nSPS) is 12.2. The summed E-state index contributed by atoms with van der Waals surface area (Å²) < 4.78 is 5.35. The Morgan fingerprint density at radius 3 is 2.06 bits per heavy atom. The highest BCUT2D eigenvalue weighted by molar-refractivity contribution is 5.83. The van der Waals surface area contributed by atoms with Gasteiger partial charge in [0.1, 0.15) is 0 Å². The molecule has 0 saturated heterocycles. The van der Waals surface area contributed by atoms with Crippen molar-refractivity contribution < 1.29 is 9.53 Å². The van der Waals surface area contributed by atoms with Gasteiger partial charge in [0.05, 0.1) is 0 Å². The third-order valence-electron chi connectivity index (χ3n) is 6.25. The Hall–Kier alpha value is -2.49. The van der Waals surface area contributed by atoms with E-state index in [0.29, 0.717) is 0 Å². The molecule has 0 amide bonds. The molecule has 0 N–H and O–H groups in total. The Balaban J connectivity index is 1.78. The molecule has 4 heteroatoms. The van der Waals surface area contributed by atoms with Crippen LogP contribution in [0.5, 0.6) is 6.01 Å². The van der Waals surface area contributed by atoms with E-state index < -0.39 is 5.97 Å². The number of benzene rings is 1. The number of esters is 1. The fourth-order valence-electron chi connectivity index (χ4n) is 4.17. The Morgan fingerprint density at radius 2 is 1.41 bits per heavy atom. The van der Waals surface area contributed by atoms with Crippen molar-refractivity contribution in [2.75, 3.05) is 0 Å². The summed E-state index contributed by atoms with van der Waals surface area (Å²) >= 11 is 0. The number of carbonyl (C=O) groups is 1. The maximum absolute atomic E-state index is 12.4. The van der Waals surface area contributed by atoms with Crippen LogP contribution in [0.4, 0.5) is 0 Å². The van der Waals surface area contributed by atoms with Crippen molar-refractivity contribution in [3.05, 3.63) is 66.0 Å². The molecular formula is C30H44N2O2. The fourth-order valence-corrected chi connectivity index (χ4v) is 4.17. The largest absolute Gasteiger partial charge is 0.388 e. The van der Waals surface area contributed by atoms with E-state index in [4.69, 9.17) is 4.74 Å². The van der Waals surface area contributed by atoms with Crippen LogP contribution in [-0.2, 0) is 11.2 Å². The Bertz CT molecular complexity index is 802. The smallest absolute Gasteiger partial charge is 0.338 e. The van der Waals surface area contributed by atoms with Gasteiger partial charge >= 0.3 is 12.0 Å². The second kappa shape index (κ2) is 17.9. The Morgan fingerprint density at radius 1 is 0.824 bits per heavy atom. The molecule has 2 rings (SSSR count). The topological polar surface area (TPSA) is 52.1 Å². The third-order valence-corrected chi connectivity index (χ3v) is 6.25.